The van der Waals surface area contributed by atoms with E-state index in [2.05, 4.69) is 38.7 Å². The number of hydrogen-bond acceptors (Lipinski definition) is 3. The number of carbonyl (C=O) groups is 2. The first-order chi connectivity index (χ1) is 9.13. The third-order valence-electron chi connectivity index (χ3n) is 3.49. The molecule has 2 aliphatic rings. The zero-order chi connectivity index (χ0) is 13.4. The fourth-order valence-electron chi connectivity index (χ4n) is 2.53. The van der Waals surface area contributed by atoms with Crippen molar-refractivity contribution in [2.75, 3.05) is 5.75 Å². The topological polar surface area (TPSA) is 58.2 Å². The summed E-state index contributed by atoms with van der Waals surface area (Å²) < 4.78 is 1.07. The van der Waals surface area contributed by atoms with Gasteiger partial charge in [-0.2, -0.15) is 0 Å². The SMILES string of the molecule is O=C1N[C@@H](C(=O)N[C@H]2CCc3cc(Br)ccc32)CS1. The summed E-state index contributed by atoms with van der Waals surface area (Å²) in [5, 5.41) is 5.58. The lowest BCUT2D eigenvalue weighted by molar-refractivity contribution is -0.123. The van der Waals surface area contributed by atoms with Gasteiger partial charge in [-0.05, 0) is 36.1 Å². The summed E-state index contributed by atoms with van der Waals surface area (Å²) >= 11 is 4.62. The first-order valence-electron chi connectivity index (χ1n) is 6.15. The second kappa shape index (κ2) is 5.17. The molecule has 0 spiro atoms. The zero-order valence-corrected chi connectivity index (χ0v) is 12.5. The van der Waals surface area contributed by atoms with Crippen LogP contribution in [-0.4, -0.2) is 22.9 Å². The van der Waals surface area contributed by atoms with Crippen molar-refractivity contribution in [1.29, 1.82) is 0 Å². The first kappa shape index (κ1) is 13.0. The second-order valence-corrected chi connectivity index (χ2v) is 6.65. The molecule has 0 bridgehead atoms. The highest BCUT2D eigenvalue weighted by molar-refractivity contribution is 9.10. The third kappa shape index (κ3) is 2.65. The van der Waals surface area contributed by atoms with E-state index in [1.807, 2.05) is 6.07 Å². The Balaban J connectivity index is 1.69. The lowest BCUT2D eigenvalue weighted by Gasteiger charge is -2.17. The van der Waals surface area contributed by atoms with Crippen LogP contribution in [0.25, 0.3) is 0 Å². The average molecular weight is 341 g/mol. The van der Waals surface area contributed by atoms with Crippen molar-refractivity contribution in [3.8, 4) is 0 Å². The van der Waals surface area contributed by atoms with Crippen molar-refractivity contribution >= 4 is 38.8 Å². The number of carbonyl (C=O) groups excluding carboxylic acids is 2. The van der Waals surface area contributed by atoms with Gasteiger partial charge in [-0.25, -0.2) is 0 Å². The van der Waals surface area contributed by atoms with Gasteiger partial charge in [0.25, 0.3) is 5.24 Å². The van der Waals surface area contributed by atoms with Crippen LogP contribution in [0.5, 0.6) is 0 Å². The van der Waals surface area contributed by atoms with Gasteiger partial charge in [0.1, 0.15) is 6.04 Å². The van der Waals surface area contributed by atoms with Gasteiger partial charge >= 0.3 is 0 Å². The summed E-state index contributed by atoms with van der Waals surface area (Å²) in [7, 11) is 0. The molecule has 0 unspecified atom stereocenters. The number of thioether (sulfide) groups is 1. The van der Waals surface area contributed by atoms with Crippen LogP contribution < -0.4 is 10.6 Å². The molecule has 0 aromatic heterocycles. The average Bonchev–Trinajstić information content (AvgIpc) is 2.96. The van der Waals surface area contributed by atoms with Crippen LogP contribution in [0, 0.1) is 0 Å². The van der Waals surface area contributed by atoms with Crippen LogP contribution in [0.4, 0.5) is 4.79 Å². The Morgan fingerprint density at radius 1 is 1.47 bits per heavy atom. The van der Waals surface area contributed by atoms with E-state index < -0.39 is 6.04 Å². The number of amides is 2. The molecular formula is C13H13BrN2O2S. The largest absolute Gasteiger partial charge is 0.347 e. The van der Waals surface area contributed by atoms with Crippen LogP contribution in [-0.2, 0) is 11.2 Å². The summed E-state index contributed by atoms with van der Waals surface area (Å²) in [6, 6.07) is 5.83. The maximum atomic E-state index is 12.1. The Labute approximate surface area is 123 Å². The van der Waals surface area contributed by atoms with E-state index in [1.54, 1.807) is 0 Å². The number of hydrogen-bond donors (Lipinski definition) is 2. The Bertz CT molecular complexity index is 549. The predicted octanol–water partition coefficient (Wildman–Crippen LogP) is 2.38. The fraction of sp³-hybridized carbons (Fsp3) is 0.385. The van der Waals surface area contributed by atoms with E-state index in [1.165, 1.54) is 11.1 Å². The number of benzene rings is 1. The third-order valence-corrected chi connectivity index (χ3v) is 4.86. The molecule has 1 aliphatic carbocycles. The molecule has 2 amide bonds. The molecule has 4 nitrogen and oxygen atoms in total. The van der Waals surface area contributed by atoms with Crippen LogP contribution in [0.15, 0.2) is 22.7 Å². The minimum Gasteiger partial charge on any atom is -0.347 e. The molecule has 1 aliphatic heterocycles. The first-order valence-corrected chi connectivity index (χ1v) is 7.93. The van der Waals surface area contributed by atoms with Gasteiger partial charge in [0, 0.05) is 10.2 Å². The van der Waals surface area contributed by atoms with Crippen LogP contribution in [0.3, 0.4) is 0 Å². The standard InChI is InChI=1S/C13H13BrN2O2S/c14-8-2-3-9-7(5-8)1-4-10(9)15-12(17)11-6-19-13(18)16-11/h2-3,5,10-11H,1,4,6H2,(H,15,17)(H,16,18)/t10-,11+/m0/s1. The summed E-state index contributed by atoms with van der Waals surface area (Å²) in [5.74, 6) is 0.434. The Kier molecular flexibility index (Phi) is 3.54. The smallest absolute Gasteiger partial charge is 0.279 e. The van der Waals surface area contributed by atoms with E-state index in [0.717, 1.165) is 29.1 Å². The molecule has 1 fully saturated rings. The van der Waals surface area contributed by atoms with E-state index in [4.69, 9.17) is 0 Å². The number of nitrogens with one attached hydrogen (secondary N) is 2. The number of rotatable bonds is 2. The van der Waals surface area contributed by atoms with Gasteiger partial charge in [0.05, 0.1) is 6.04 Å². The molecule has 19 heavy (non-hydrogen) atoms. The number of halogens is 1. The van der Waals surface area contributed by atoms with Crippen molar-refractivity contribution in [3.63, 3.8) is 0 Å². The number of fused-ring (bicyclic) bond motifs is 1. The molecule has 0 saturated carbocycles. The van der Waals surface area contributed by atoms with Gasteiger partial charge in [-0.15, -0.1) is 0 Å². The van der Waals surface area contributed by atoms with E-state index in [0.29, 0.717) is 5.75 Å². The van der Waals surface area contributed by atoms with Crippen molar-refractivity contribution in [3.05, 3.63) is 33.8 Å². The normalized spacial score (nSPS) is 25.0. The van der Waals surface area contributed by atoms with Crippen LogP contribution >= 0.6 is 27.7 Å². The highest BCUT2D eigenvalue weighted by atomic mass is 79.9. The quantitative estimate of drug-likeness (QED) is 0.868. The molecule has 0 radical (unpaired) electrons. The van der Waals surface area contributed by atoms with Crippen molar-refractivity contribution < 1.29 is 9.59 Å². The zero-order valence-electron chi connectivity index (χ0n) is 10.1. The lowest BCUT2D eigenvalue weighted by Crippen LogP contribution is -2.43. The van der Waals surface area contributed by atoms with E-state index in [-0.39, 0.29) is 17.2 Å². The van der Waals surface area contributed by atoms with Gasteiger partial charge in [0.15, 0.2) is 0 Å². The monoisotopic (exact) mass is 340 g/mol. The molecule has 1 saturated heterocycles. The Hall–Kier alpha value is -1.01. The maximum Gasteiger partial charge on any atom is 0.279 e. The molecule has 6 heteroatoms. The van der Waals surface area contributed by atoms with Crippen molar-refractivity contribution in [2.45, 2.75) is 24.9 Å². The predicted molar refractivity (Wildman–Crippen MR) is 78.1 cm³/mol. The molecule has 3 rings (SSSR count). The van der Waals surface area contributed by atoms with Crippen LogP contribution in [0.2, 0.25) is 0 Å². The summed E-state index contributed by atoms with van der Waals surface area (Å²) in [4.78, 5) is 23.2. The summed E-state index contributed by atoms with van der Waals surface area (Å²) in [5.41, 5.74) is 2.47. The molecular weight excluding hydrogens is 328 g/mol. The lowest BCUT2D eigenvalue weighted by atomic mass is 10.1. The summed E-state index contributed by atoms with van der Waals surface area (Å²) in [6.07, 6.45) is 1.90. The molecule has 2 N–H and O–H groups in total. The molecule has 1 aromatic rings. The number of aryl methyl sites for hydroxylation is 1. The minimum absolute atomic E-state index is 0.0677. The van der Waals surface area contributed by atoms with Gasteiger partial charge in [0.2, 0.25) is 5.91 Å². The highest BCUT2D eigenvalue weighted by Crippen LogP contribution is 2.33. The van der Waals surface area contributed by atoms with Gasteiger partial charge in [-0.3, -0.25) is 9.59 Å². The van der Waals surface area contributed by atoms with Crippen LogP contribution in [0.1, 0.15) is 23.6 Å². The fourth-order valence-corrected chi connectivity index (χ4v) is 3.72. The Morgan fingerprint density at radius 2 is 2.32 bits per heavy atom. The minimum atomic E-state index is -0.392. The van der Waals surface area contributed by atoms with Gasteiger partial charge < -0.3 is 10.6 Å². The second-order valence-electron chi connectivity index (χ2n) is 4.74. The van der Waals surface area contributed by atoms with Crippen molar-refractivity contribution in [2.24, 2.45) is 0 Å². The highest BCUT2D eigenvalue weighted by Gasteiger charge is 2.31. The van der Waals surface area contributed by atoms with Gasteiger partial charge in [-0.1, -0.05) is 33.8 Å². The maximum absolute atomic E-state index is 12.1. The Morgan fingerprint density at radius 3 is 3.05 bits per heavy atom. The molecule has 1 heterocycles. The summed E-state index contributed by atoms with van der Waals surface area (Å²) in [6.45, 7) is 0. The molecule has 2 atom stereocenters. The van der Waals surface area contributed by atoms with Crippen molar-refractivity contribution in [1.82, 2.24) is 10.6 Å². The van der Waals surface area contributed by atoms with E-state index in [9.17, 15) is 9.59 Å². The molecule has 1 aromatic carbocycles. The van der Waals surface area contributed by atoms with E-state index >= 15 is 0 Å². The molecule has 100 valence electrons.